The molecule has 122 valence electrons. The van der Waals surface area contributed by atoms with Crippen LogP contribution in [0.15, 0.2) is 47.1 Å². The van der Waals surface area contributed by atoms with E-state index in [0.29, 0.717) is 11.1 Å². The van der Waals surface area contributed by atoms with Gasteiger partial charge < -0.3 is 9.15 Å². The molecule has 0 bridgehead atoms. The van der Waals surface area contributed by atoms with E-state index in [4.69, 9.17) is 9.15 Å². The van der Waals surface area contributed by atoms with Crippen molar-refractivity contribution in [1.29, 1.82) is 0 Å². The molecule has 3 rings (SSSR count). The zero-order valence-corrected chi connectivity index (χ0v) is 12.6. The van der Waals surface area contributed by atoms with Crippen LogP contribution < -0.4 is 4.74 Å². The average Bonchev–Trinajstić information content (AvgIpc) is 2.89. The molecule has 0 aliphatic carbocycles. The van der Waals surface area contributed by atoms with Gasteiger partial charge in [-0.3, -0.25) is 14.9 Å². The smallest absolute Gasteiger partial charge is 0.316 e. The first kappa shape index (κ1) is 15.7. The predicted molar refractivity (Wildman–Crippen MR) is 83.3 cm³/mol. The number of ether oxygens (including phenoxy) is 1. The molecule has 1 aromatic heterocycles. The van der Waals surface area contributed by atoms with Crippen molar-refractivity contribution in [3.8, 4) is 5.75 Å². The number of hydrogen-bond donors (Lipinski definition) is 0. The molecule has 0 saturated carbocycles. The Balaban J connectivity index is 1.83. The van der Waals surface area contributed by atoms with Gasteiger partial charge in [0.2, 0.25) is 5.75 Å². The summed E-state index contributed by atoms with van der Waals surface area (Å²) in [6.45, 7) is 1.92. The Morgan fingerprint density at radius 2 is 2.08 bits per heavy atom. The monoisotopic (exact) mass is 329 g/mol. The van der Waals surface area contributed by atoms with Gasteiger partial charge in [0.15, 0.2) is 0 Å². The zero-order chi connectivity index (χ0) is 17.3. The lowest BCUT2D eigenvalue weighted by Gasteiger charge is -2.04. The number of esters is 1. The van der Waals surface area contributed by atoms with E-state index in [1.807, 2.05) is 25.1 Å². The number of nitro benzene ring substituents is 1. The normalized spacial score (nSPS) is 10.8. The summed E-state index contributed by atoms with van der Waals surface area (Å²) < 4.78 is 23.6. The molecule has 0 N–H and O–H groups in total. The van der Waals surface area contributed by atoms with E-state index in [0.717, 1.165) is 29.1 Å². The zero-order valence-electron chi connectivity index (χ0n) is 12.6. The maximum Gasteiger partial charge on any atom is 0.316 e. The van der Waals surface area contributed by atoms with Crippen LogP contribution >= 0.6 is 0 Å². The van der Waals surface area contributed by atoms with Crippen LogP contribution in [-0.2, 0) is 11.2 Å². The van der Waals surface area contributed by atoms with Crippen molar-refractivity contribution in [3.63, 3.8) is 0 Å². The van der Waals surface area contributed by atoms with Crippen molar-refractivity contribution in [1.82, 2.24) is 0 Å². The van der Waals surface area contributed by atoms with Gasteiger partial charge in [-0.05, 0) is 24.6 Å². The molecule has 0 aliphatic heterocycles. The second-order valence-corrected chi connectivity index (χ2v) is 5.28. The second kappa shape index (κ2) is 6.11. The number of rotatable bonds is 4. The van der Waals surface area contributed by atoms with Crippen molar-refractivity contribution in [2.24, 2.45) is 0 Å². The van der Waals surface area contributed by atoms with E-state index in [9.17, 15) is 19.3 Å². The molecule has 0 amide bonds. The van der Waals surface area contributed by atoms with Gasteiger partial charge in [-0.1, -0.05) is 12.1 Å². The van der Waals surface area contributed by atoms with Gasteiger partial charge in [0.05, 0.1) is 17.6 Å². The lowest BCUT2D eigenvalue weighted by Crippen LogP contribution is -2.12. The third-order valence-corrected chi connectivity index (χ3v) is 3.49. The highest BCUT2D eigenvalue weighted by molar-refractivity contribution is 5.87. The van der Waals surface area contributed by atoms with Gasteiger partial charge in [-0.15, -0.1) is 0 Å². The Bertz CT molecular complexity index is 947. The summed E-state index contributed by atoms with van der Waals surface area (Å²) in [6, 6.07) is 8.23. The summed E-state index contributed by atoms with van der Waals surface area (Å²) in [5.74, 6) is -1.90. The van der Waals surface area contributed by atoms with Gasteiger partial charge in [-0.2, -0.15) is 0 Å². The molecule has 3 aromatic rings. The van der Waals surface area contributed by atoms with Crippen molar-refractivity contribution in [2.45, 2.75) is 13.3 Å². The molecule has 6 nitrogen and oxygen atoms in total. The van der Waals surface area contributed by atoms with Gasteiger partial charge >= 0.3 is 11.7 Å². The van der Waals surface area contributed by atoms with Gasteiger partial charge in [-0.25, -0.2) is 4.39 Å². The standard InChI is InChI=1S/C17H12FNO5/c1-10-2-4-13-11(9-23-15(13)6-10)7-17(20)24-16-8-12(18)3-5-14(16)19(21)22/h2-6,8-9H,7H2,1H3. The van der Waals surface area contributed by atoms with Crippen LogP contribution in [0.5, 0.6) is 5.75 Å². The number of aryl methyl sites for hydroxylation is 1. The Kier molecular flexibility index (Phi) is 3.99. The molecular weight excluding hydrogens is 317 g/mol. The van der Waals surface area contributed by atoms with Gasteiger partial charge in [0.25, 0.3) is 0 Å². The third-order valence-electron chi connectivity index (χ3n) is 3.49. The lowest BCUT2D eigenvalue weighted by atomic mass is 10.1. The fraction of sp³-hybridized carbons (Fsp3) is 0.118. The van der Waals surface area contributed by atoms with Crippen LogP contribution in [0.2, 0.25) is 0 Å². The van der Waals surface area contributed by atoms with Crippen LogP contribution in [0.1, 0.15) is 11.1 Å². The molecular formula is C17H12FNO5. The molecule has 1 heterocycles. The molecule has 0 aliphatic rings. The van der Waals surface area contributed by atoms with Crippen molar-refractivity contribution in [3.05, 3.63) is 69.7 Å². The van der Waals surface area contributed by atoms with E-state index in [2.05, 4.69) is 0 Å². The van der Waals surface area contributed by atoms with E-state index >= 15 is 0 Å². The van der Waals surface area contributed by atoms with Crippen molar-refractivity contribution < 1.29 is 23.3 Å². The molecule has 7 heteroatoms. The van der Waals surface area contributed by atoms with E-state index in [1.165, 1.54) is 6.26 Å². The number of furan rings is 1. The molecule has 0 radical (unpaired) electrons. The highest BCUT2D eigenvalue weighted by atomic mass is 19.1. The Hall–Kier alpha value is -3.22. The van der Waals surface area contributed by atoms with Crippen LogP contribution in [0.25, 0.3) is 11.0 Å². The average molecular weight is 329 g/mol. The third kappa shape index (κ3) is 3.10. The summed E-state index contributed by atoms with van der Waals surface area (Å²) in [4.78, 5) is 22.2. The first-order valence-electron chi connectivity index (χ1n) is 7.05. The summed E-state index contributed by atoms with van der Waals surface area (Å²) in [6.07, 6.45) is 1.29. The summed E-state index contributed by atoms with van der Waals surface area (Å²) in [5, 5.41) is 11.7. The Morgan fingerprint density at radius 1 is 1.29 bits per heavy atom. The number of fused-ring (bicyclic) bond motifs is 1. The molecule has 24 heavy (non-hydrogen) atoms. The number of nitro groups is 1. The quantitative estimate of drug-likeness (QED) is 0.313. The van der Waals surface area contributed by atoms with Crippen molar-refractivity contribution in [2.75, 3.05) is 0 Å². The molecule has 0 saturated heterocycles. The van der Waals surface area contributed by atoms with Crippen molar-refractivity contribution >= 4 is 22.6 Å². The molecule has 0 spiro atoms. The Morgan fingerprint density at radius 3 is 2.83 bits per heavy atom. The molecule has 0 fully saturated rings. The lowest BCUT2D eigenvalue weighted by molar-refractivity contribution is -0.385. The van der Waals surface area contributed by atoms with Crippen LogP contribution in [0, 0.1) is 22.9 Å². The number of halogens is 1. The molecule has 0 unspecified atom stereocenters. The van der Waals surface area contributed by atoms with Crippen LogP contribution in [0.4, 0.5) is 10.1 Å². The molecule has 2 aromatic carbocycles. The second-order valence-electron chi connectivity index (χ2n) is 5.28. The number of carbonyl (C=O) groups excluding carboxylic acids is 1. The summed E-state index contributed by atoms with van der Waals surface area (Å²) >= 11 is 0. The van der Waals surface area contributed by atoms with Gasteiger partial charge in [0, 0.05) is 23.1 Å². The van der Waals surface area contributed by atoms with Crippen LogP contribution in [-0.4, -0.2) is 10.9 Å². The number of benzene rings is 2. The predicted octanol–water partition coefficient (Wildman–Crippen LogP) is 3.94. The highest BCUT2D eigenvalue weighted by Crippen LogP contribution is 2.28. The fourth-order valence-electron chi connectivity index (χ4n) is 2.36. The summed E-state index contributed by atoms with van der Waals surface area (Å²) in [5.41, 5.74) is 1.77. The van der Waals surface area contributed by atoms with E-state index < -0.39 is 28.1 Å². The number of nitrogens with zero attached hydrogens (tertiary/aromatic N) is 1. The van der Waals surface area contributed by atoms with Gasteiger partial charge in [0.1, 0.15) is 11.4 Å². The maximum atomic E-state index is 13.3. The minimum Gasteiger partial charge on any atom is -0.464 e. The SMILES string of the molecule is Cc1ccc2c(CC(=O)Oc3cc(F)ccc3[N+](=O)[O-])coc2c1. The highest BCUT2D eigenvalue weighted by Gasteiger charge is 2.20. The topological polar surface area (TPSA) is 82.6 Å². The fourth-order valence-corrected chi connectivity index (χ4v) is 2.36. The minimum absolute atomic E-state index is 0.149. The first-order chi connectivity index (χ1) is 11.4. The summed E-state index contributed by atoms with van der Waals surface area (Å²) in [7, 11) is 0. The van der Waals surface area contributed by atoms with E-state index in [-0.39, 0.29) is 6.42 Å². The number of hydrogen-bond acceptors (Lipinski definition) is 5. The Labute approximate surface area is 135 Å². The molecule has 0 atom stereocenters. The largest absolute Gasteiger partial charge is 0.464 e. The number of carbonyl (C=O) groups is 1. The first-order valence-corrected chi connectivity index (χ1v) is 7.05. The maximum absolute atomic E-state index is 13.3. The van der Waals surface area contributed by atoms with Crippen LogP contribution in [0.3, 0.4) is 0 Å². The van der Waals surface area contributed by atoms with E-state index in [1.54, 1.807) is 0 Å². The minimum atomic E-state index is -0.744.